The number of hydrogen-bond donors (Lipinski definition) is 1. The van der Waals surface area contributed by atoms with Crippen molar-refractivity contribution in [2.45, 2.75) is 20.3 Å². The second-order valence-electron chi connectivity index (χ2n) is 4.81. The standard InChI is InChI=1S/C13H15N3O2/c1-13(2,12(14)17)8-10-15-11(18-16-10)9-6-4-3-5-7-9/h3-7H,8H2,1-2H3,(H2,14,17). The van der Waals surface area contributed by atoms with Crippen molar-refractivity contribution in [2.75, 3.05) is 0 Å². The fourth-order valence-corrected chi connectivity index (χ4v) is 1.51. The van der Waals surface area contributed by atoms with E-state index in [9.17, 15) is 4.79 Å². The summed E-state index contributed by atoms with van der Waals surface area (Å²) in [4.78, 5) is 15.5. The number of hydrogen-bond acceptors (Lipinski definition) is 4. The summed E-state index contributed by atoms with van der Waals surface area (Å²) in [6.45, 7) is 3.52. The predicted octanol–water partition coefficient (Wildman–Crippen LogP) is 1.79. The molecule has 1 amide bonds. The minimum absolute atomic E-state index is 0.360. The molecule has 0 bridgehead atoms. The number of nitrogens with two attached hydrogens (primary N) is 1. The van der Waals surface area contributed by atoms with Crippen LogP contribution >= 0.6 is 0 Å². The highest BCUT2D eigenvalue weighted by molar-refractivity contribution is 5.80. The van der Waals surface area contributed by atoms with Gasteiger partial charge in [-0.2, -0.15) is 4.98 Å². The van der Waals surface area contributed by atoms with Crippen molar-refractivity contribution < 1.29 is 9.32 Å². The van der Waals surface area contributed by atoms with E-state index in [0.29, 0.717) is 18.1 Å². The number of nitrogens with zero attached hydrogens (tertiary/aromatic N) is 2. The number of rotatable bonds is 4. The zero-order valence-corrected chi connectivity index (χ0v) is 10.4. The fraction of sp³-hybridized carbons (Fsp3) is 0.308. The Bertz CT molecular complexity index is 546. The molecule has 2 rings (SSSR count). The molecular formula is C13H15N3O2. The number of aromatic nitrogens is 2. The molecule has 0 aliphatic carbocycles. The van der Waals surface area contributed by atoms with E-state index in [1.807, 2.05) is 30.3 Å². The van der Waals surface area contributed by atoms with Crippen molar-refractivity contribution in [1.82, 2.24) is 10.1 Å². The molecule has 0 unspecified atom stereocenters. The molecule has 5 nitrogen and oxygen atoms in total. The lowest BCUT2D eigenvalue weighted by Crippen LogP contribution is -2.33. The first-order valence-corrected chi connectivity index (χ1v) is 5.67. The van der Waals surface area contributed by atoms with Crippen LogP contribution < -0.4 is 5.73 Å². The Morgan fingerprint density at radius 2 is 2.00 bits per heavy atom. The Hall–Kier alpha value is -2.17. The summed E-state index contributed by atoms with van der Waals surface area (Å²) in [5, 5.41) is 3.87. The third kappa shape index (κ3) is 2.56. The molecule has 0 atom stereocenters. The highest BCUT2D eigenvalue weighted by Gasteiger charge is 2.27. The zero-order valence-electron chi connectivity index (χ0n) is 10.4. The number of carbonyl (C=O) groups is 1. The van der Waals surface area contributed by atoms with Crippen molar-refractivity contribution in [1.29, 1.82) is 0 Å². The summed E-state index contributed by atoms with van der Waals surface area (Å²) < 4.78 is 5.16. The van der Waals surface area contributed by atoms with Crippen LogP contribution in [-0.4, -0.2) is 16.0 Å². The Labute approximate surface area is 105 Å². The topological polar surface area (TPSA) is 82.0 Å². The van der Waals surface area contributed by atoms with Gasteiger partial charge in [-0.3, -0.25) is 4.79 Å². The molecule has 0 radical (unpaired) electrons. The molecule has 0 saturated carbocycles. The lowest BCUT2D eigenvalue weighted by molar-refractivity contribution is -0.126. The molecule has 1 heterocycles. The van der Waals surface area contributed by atoms with Crippen LogP contribution in [0.2, 0.25) is 0 Å². The maximum absolute atomic E-state index is 11.2. The summed E-state index contributed by atoms with van der Waals surface area (Å²) in [6.07, 6.45) is 0.360. The van der Waals surface area contributed by atoms with E-state index in [0.717, 1.165) is 5.56 Å². The van der Waals surface area contributed by atoms with Gasteiger partial charge in [0.15, 0.2) is 5.82 Å². The van der Waals surface area contributed by atoms with Crippen LogP contribution in [0.25, 0.3) is 11.5 Å². The Morgan fingerprint density at radius 1 is 1.33 bits per heavy atom. The monoisotopic (exact) mass is 245 g/mol. The average molecular weight is 245 g/mol. The number of primary amides is 1. The number of carbonyl (C=O) groups excluding carboxylic acids is 1. The third-order valence-corrected chi connectivity index (χ3v) is 2.76. The molecule has 94 valence electrons. The van der Waals surface area contributed by atoms with Crippen molar-refractivity contribution in [3.8, 4) is 11.5 Å². The molecule has 1 aromatic carbocycles. The normalized spacial score (nSPS) is 11.4. The van der Waals surface area contributed by atoms with Crippen LogP contribution in [0.1, 0.15) is 19.7 Å². The lowest BCUT2D eigenvalue weighted by atomic mass is 9.88. The summed E-state index contributed by atoms with van der Waals surface area (Å²) in [5.41, 5.74) is 5.48. The van der Waals surface area contributed by atoms with Crippen LogP contribution in [0.3, 0.4) is 0 Å². The second kappa shape index (κ2) is 4.60. The SMILES string of the molecule is CC(C)(Cc1noc(-c2ccccc2)n1)C(N)=O. The minimum atomic E-state index is -0.683. The molecular weight excluding hydrogens is 230 g/mol. The van der Waals surface area contributed by atoms with Crippen LogP contribution in [0.5, 0.6) is 0 Å². The molecule has 0 spiro atoms. The van der Waals surface area contributed by atoms with Crippen LogP contribution in [-0.2, 0) is 11.2 Å². The molecule has 2 aromatic rings. The molecule has 0 aliphatic rings. The highest BCUT2D eigenvalue weighted by Crippen LogP contribution is 2.22. The predicted molar refractivity (Wildman–Crippen MR) is 66.4 cm³/mol. The van der Waals surface area contributed by atoms with Gasteiger partial charge < -0.3 is 10.3 Å². The van der Waals surface area contributed by atoms with E-state index in [1.165, 1.54) is 0 Å². The number of amides is 1. The van der Waals surface area contributed by atoms with E-state index in [4.69, 9.17) is 10.3 Å². The molecule has 2 N–H and O–H groups in total. The van der Waals surface area contributed by atoms with Gasteiger partial charge in [0.05, 0.1) is 5.41 Å². The Kier molecular flexibility index (Phi) is 3.14. The summed E-state index contributed by atoms with van der Waals surface area (Å²) >= 11 is 0. The van der Waals surface area contributed by atoms with E-state index in [-0.39, 0.29) is 5.91 Å². The first kappa shape index (κ1) is 12.3. The van der Waals surface area contributed by atoms with Gasteiger partial charge in [0.2, 0.25) is 5.91 Å². The van der Waals surface area contributed by atoms with E-state index < -0.39 is 5.41 Å². The van der Waals surface area contributed by atoms with Gasteiger partial charge >= 0.3 is 0 Å². The first-order valence-electron chi connectivity index (χ1n) is 5.67. The second-order valence-corrected chi connectivity index (χ2v) is 4.81. The molecule has 0 aliphatic heterocycles. The summed E-state index contributed by atoms with van der Waals surface area (Å²) in [5.74, 6) is 0.553. The van der Waals surface area contributed by atoms with E-state index >= 15 is 0 Å². The summed E-state index contributed by atoms with van der Waals surface area (Å²) in [6, 6.07) is 9.48. The quantitative estimate of drug-likeness (QED) is 0.890. The van der Waals surface area contributed by atoms with Gasteiger partial charge in [-0.05, 0) is 12.1 Å². The van der Waals surface area contributed by atoms with Gasteiger partial charge in [0.1, 0.15) is 0 Å². The van der Waals surface area contributed by atoms with Crippen LogP contribution in [0.4, 0.5) is 0 Å². The molecule has 18 heavy (non-hydrogen) atoms. The zero-order chi connectivity index (χ0) is 13.2. The van der Waals surface area contributed by atoms with E-state index in [1.54, 1.807) is 13.8 Å². The lowest BCUT2D eigenvalue weighted by Gasteiger charge is -2.17. The van der Waals surface area contributed by atoms with Gasteiger partial charge in [0, 0.05) is 12.0 Å². The maximum atomic E-state index is 11.2. The fourth-order valence-electron chi connectivity index (χ4n) is 1.51. The Balaban J connectivity index is 2.19. The van der Waals surface area contributed by atoms with Crippen molar-refractivity contribution in [2.24, 2.45) is 11.1 Å². The highest BCUT2D eigenvalue weighted by atomic mass is 16.5. The van der Waals surface area contributed by atoms with Crippen LogP contribution in [0, 0.1) is 5.41 Å². The Morgan fingerprint density at radius 3 is 2.61 bits per heavy atom. The molecule has 0 saturated heterocycles. The third-order valence-electron chi connectivity index (χ3n) is 2.76. The van der Waals surface area contributed by atoms with Crippen molar-refractivity contribution >= 4 is 5.91 Å². The van der Waals surface area contributed by atoms with E-state index in [2.05, 4.69) is 10.1 Å². The van der Waals surface area contributed by atoms with Crippen LogP contribution in [0.15, 0.2) is 34.9 Å². The van der Waals surface area contributed by atoms with Gasteiger partial charge in [-0.1, -0.05) is 37.2 Å². The van der Waals surface area contributed by atoms with Crippen molar-refractivity contribution in [3.63, 3.8) is 0 Å². The van der Waals surface area contributed by atoms with Gasteiger partial charge in [-0.15, -0.1) is 0 Å². The van der Waals surface area contributed by atoms with Crippen molar-refractivity contribution in [3.05, 3.63) is 36.2 Å². The molecule has 5 heteroatoms. The minimum Gasteiger partial charge on any atom is -0.369 e. The van der Waals surface area contributed by atoms with Gasteiger partial charge in [0.25, 0.3) is 5.89 Å². The largest absolute Gasteiger partial charge is 0.369 e. The summed E-state index contributed by atoms with van der Waals surface area (Å²) in [7, 11) is 0. The maximum Gasteiger partial charge on any atom is 0.257 e. The smallest absolute Gasteiger partial charge is 0.257 e. The molecule has 1 aromatic heterocycles. The average Bonchev–Trinajstić information content (AvgIpc) is 2.78. The molecule has 0 fully saturated rings. The first-order chi connectivity index (χ1) is 8.49. The van der Waals surface area contributed by atoms with Gasteiger partial charge in [-0.25, -0.2) is 0 Å². The number of benzene rings is 1.